The molecule has 3 rings (SSSR count). The van der Waals surface area contributed by atoms with Gasteiger partial charge >= 0.3 is 0 Å². The molecule has 0 saturated carbocycles. The van der Waals surface area contributed by atoms with Crippen LogP contribution < -0.4 is 5.32 Å². The smallest absolute Gasteiger partial charge is 0.0726 e. The second-order valence-electron chi connectivity index (χ2n) is 6.74. The van der Waals surface area contributed by atoms with E-state index in [0.29, 0.717) is 0 Å². The van der Waals surface area contributed by atoms with Crippen molar-refractivity contribution in [2.24, 2.45) is 7.05 Å². The quantitative estimate of drug-likeness (QED) is 0.715. The summed E-state index contributed by atoms with van der Waals surface area (Å²) < 4.78 is 1.85. The number of anilines is 1. The standard InChI is InChI=1S/C20H27N5/c1-5-8-16-11-19(17-9-6-7-10-18(17)23-16)21-13-20(24(2)3)15-12-22-25(4)14-15/h6-7,9-12,14,20H,5,8,13H2,1-4H3,(H,21,23). The molecule has 1 unspecified atom stereocenters. The van der Waals surface area contributed by atoms with Gasteiger partial charge in [0.1, 0.15) is 0 Å². The molecule has 0 aliphatic carbocycles. The fraction of sp³-hybridized carbons (Fsp3) is 0.400. The Balaban J connectivity index is 1.88. The highest BCUT2D eigenvalue weighted by Crippen LogP contribution is 2.25. The number of likely N-dealkylation sites (N-methyl/N-ethyl adjacent to an activating group) is 1. The average molecular weight is 337 g/mol. The van der Waals surface area contributed by atoms with Crippen LogP contribution in [0.3, 0.4) is 0 Å². The normalized spacial score (nSPS) is 12.7. The predicted octanol–water partition coefficient (Wildman–Crippen LogP) is 3.64. The molecule has 132 valence electrons. The Morgan fingerprint density at radius 3 is 2.72 bits per heavy atom. The van der Waals surface area contributed by atoms with Crippen molar-refractivity contribution >= 4 is 16.6 Å². The first-order chi connectivity index (χ1) is 12.1. The first-order valence-corrected chi connectivity index (χ1v) is 8.86. The molecule has 1 N–H and O–H groups in total. The van der Waals surface area contributed by atoms with Crippen LogP contribution in [0.5, 0.6) is 0 Å². The van der Waals surface area contributed by atoms with Crippen molar-refractivity contribution < 1.29 is 0 Å². The number of fused-ring (bicyclic) bond motifs is 1. The summed E-state index contributed by atoms with van der Waals surface area (Å²) in [7, 11) is 6.16. The van der Waals surface area contributed by atoms with Crippen LogP contribution in [0.15, 0.2) is 42.7 Å². The van der Waals surface area contributed by atoms with Gasteiger partial charge in [-0.3, -0.25) is 9.67 Å². The Bertz CT molecular complexity index is 837. The number of hydrogen-bond acceptors (Lipinski definition) is 4. The summed E-state index contributed by atoms with van der Waals surface area (Å²) in [5, 5.41) is 9.14. The minimum absolute atomic E-state index is 0.259. The van der Waals surface area contributed by atoms with E-state index in [2.05, 4.69) is 66.8 Å². The van der Waals surface area contributed by atoms with Crippen molar-refractivity contribution in [3.05, 3.63) is 54.0 Å². The number of rotatable bonds is 7. The molecule has 1 aromatic carbocycles. The van der Waals surface area contributed by atoms with Gasteiger partial charge in [-0.15, -0.1) is 0 Å². The maximum atomic E-state index is 4.79. The third-order valence-corrected chi connectivity index (χ3v) is 4.49. The number of aryl methyl sites for hydroxylation is 2. The zero-order chi connectivity index (χ0) is 17.8. The number of hydrogen-bond donors (Lipinski definition) is 1. The maximum Gasteiger partial charge on any atom is 0.0726 e. The van der Waals surface area contributed by atoms with Crippen molar-refractivity contribution in [1.29, 1.82) is 0 Å². The Morgan fingerprint density at radius 1 is 1.24 bits per heavy atom. The molecule has 0 bridgehead atoms. The second kappa shape index (κ2) is 7.66. The second-order valence-corrected chi connectivity index (χ2v) is 6.74. The molecular weight excluding hydrogens is 310 g/mol. The van der Waals surface area contributed by atoms with E-state index in [1.54, 1.807) is 0 Å². The fourth-order valence-corrected chi connectivity index (χ4v) is 3.18. The topological polar surface area (TPSA) is 46.0 Å². The summed E-state index contributed by atoms with van der Waals surface area (Å²) in [6.07, 6.45) is 6.12. The van der Waals surface area contributed by atoms with Gasteiger partial charge in [0.2, 0.25) is 0 Å². The summed E-state index contributed by atoms with van der Waals surface area (Å²) in [6, 6.07) is 10.8. The Hall–Kier alpha value is -2.40. The maximum absolute atomic E-state index is 4.79. The lowest BCUT2D eigenvalue weighted by molar-refractivity contribution is 0.312. The molecule has 0 radical (unpaired) electrons. The molecule has 5 heteroatoms. The number of nitrogens with zero attached hydrogens (tertiary/aromatic N) is 4. The van der Waals surface area contributed by atoms with Crippen molar-refractivity contribution in [3.8, 4) is 0 Å². The van der Waals surface area contributed by atoms with Crippen LogP contribution in [0.1, 0.15) is 30.6 Å². The Labute approximate surface area is 149 Å². The van der Waals surface area contributed by atoms with Crippen molar-refractivity contribution in [2.45, 2.75) is 25.8 Å². The first kappa shape index (κ1) is 17.4. The predicted molar refractivity (Wildman–Crippen MR) is 104 cm³/mol. The number of aromatic nitrogens is 3. The zero-order valence-corrected chi connectivity index (χ0v) is 15.5. The average Bonchev–Trinajstić information content (AvgIpc) is 3.01. The van der Waals surface area contributed by atoms with Crippen LogP contribution in [-0.2, 0) is 13.5 Å². The number of para-hydroxylation sites is 1. The van der Waals surface area contributed by atoms with E-state index in [1.165, 1.54) is 10.9 Å². The molecule has 0 aliphatic rings. The minimum Gasteiger partial charge on any atom is -0.383 e. The molecule has 0 saturated heterocycles. The van der Waals surface area contributed by atoms with Crippen molar-refractivity contribution in [1.82, 2.24) is 19.7 Å². The molecule has 0 fully saturated rings. The van der Waals surface area contributed by atoms with E-state index < -0.39 is 0 Å². The van der Waals surface area contributed by atoms with Crippen molar-refractivity contribution in [3.63, 3.8) is 0 Å². The molecule has 1 atom stereocenters. The molecule has 0 spiro atoms. The lowest BCUT2D eigenvalue weighted by Gasteiger charge is -2.24. The number of nitrogens with one attached hydrogen (secondary N) is 1. The Morgan fingerprint density at radius 2 is 2.04 bits per heavy atom. The molecule has 2 heterocycles. The van der Waals surface area contributed by atoms with E-state index >= 15 is 0 Å². The largest absolute Gasteiger partial charge is 0.383 e. The monoisotopic (exact) mass is 337 g/mol. The highest BCUT2D eigenvalue weighted by Gasteiger charge is 2.16. The van der Waals surface area contributed by atoms with Crippen LogP contribution in [-0.4, -0.2) is 40.3 Å². The summed E-state index contributed by atoms with van der Waals surface area (Å²) in [6.45, 7) is 3.01. The summed E-state index contributed by atoms with van der Waals surface area (Å²) >= 11 is 0. The van der Waals surface area contributed by atoms with E-state index in [-0.39, 0.29) is 6.04 Å². The van der Waals surface area contributed by atoms with Gasteiger partial charge < -0.3 is 10.2 Å². The molecule has 0 amide bonds. The van der Waals surface area contributed by atoms with E-state index in [4.69, 9.17) is 4.98 Å². The van der Waals surface area contributed by atoms with E-state index in [9.17, 15) is 0 Å². The van der Waals surface area contributed by atoms with Gasteiger partial charge in [0.05, 0.1) is 17.8 Å². The SMILES string of the molecule is CCCc1cc(NCC(c2cnn(C)c2)N(C)C)c2ccccc2n1. The summed E-state index contributed by atoms with van der Waals surface area (Å²) in [5.41, 5.74) is 4.57. The molecular formula is C20H27N5. The van der Waals surface area contributed by atoms with E-state index in [0.717, 1.165) is 36.3 Å². The molecule has 3 aromatic rings. The highest BCUT2D eigenvalue weighted by molar-refractivity contribution is 5.91. The summed E-state index contributed by atoms with van der Waals surface area (Å²) in [4.78, 5) is 7.01. The van der Waals surface area contributed by atoms with Gasteiger partial charge in [-0.1, -0.05) is 31.5 Å². The van der Waals surface area contributed by atoms with Gasteiger partial charge in [-0.25, -0.2) is 0 Å². The van der Waals surface area contributed by atoms with Crippen LogP contribution >= 0.6 is 0 Å². The third-order valence-electron chi connectivity index (χ3n) is 4.49. The third kappa shape index (κ3) is 3.99. The van der Waals surface area contributed by atoms with Gasteiger partial charge in [-0.05, 0) is 32.6 Å². The lowest BCUT2D eigenvalue weighted by Crippen LogP contribution is -2.26. The lowest BCUT2D eigenvalue weighted by atomic mass is 10.1. The van der Waals surface area contributed by atoms with Crippen LogP contribution in [0.25, 0.3) is 10.9 Å². The Kier molecular flexibility index (Phi) is 5.34. The van der Waals surface area contributed by atoms with Gasteiger partial charge in [0.25, 0.3) is 0 Å². The van der Waals surface area contributed by atoms with Crippen LogP contribution in [0, 0.1) is 0 Å². The van der Waals surface area contributed by atoms with Gasteiger partial charge in [0.15, 0.2) is 0 Å². The van der Waals surface area contributed by atoms with Gasteiger partial charge in [0, 0.05) is 42.1 Å². The van der Waals surface area contributed by atoms with Gasteiger partial charge in [-0.2, -0.15) is 5.10 Å². The molecule has 5 nitrogen and oxygen atoms in total. The van der Waals surface area contributed by atoms with Crippen molar-refractivity contribution in [2.75, 3.05) is 26.0 Å². The number of benzene rings is 1. The highest BCUT2D eigenvalue weighted by atomic mass is 15.2. The summed E-state index contributed by atoms with van der Waals surface area (Å²) in [5.74, 6) is 0. The van der Waals surface area contributed by atoms with E-state index in [1.807, 2.05) is 24.0 Å². The van der Waals surface area contributed by atoms with Crippen LogP contribution in [0.2, 0.25) is 0 Å². The fourth-order valence-electron chi connectivity index (χ4n) is 3.18. The molecule has 25 heavy (non-hydrogen) atoms. The molecule has 2 aromatic heterocycles. The minimum atomic E-state index is 0.259. The number of pyridine rings is 1. The molecule has 0 aliphatic heterocycles. The first-order valence-electron chi connectivity index (χ1n) is 8.86. The zero-order valence-electron chi connectivity index (χ0n) is 15.5. The van der Waals surface area contributed by atoms with Crippen LogP contribution in [0.4, 0.5) is 5.69 Å².